The van der Waals surface area contributed by atoms with E-state index in [1.54, 1.807) is 19.9 Å². The van der Waals surface area contributed by atoms with Crippen molar-refractivity contribution in [2.45, 2.75) is 39.2 Å². The summed E-state index contributed by atoms with van der Waals surface area (Å²) in [6.45, 7) is 5.20. The molecule has 2 aromatic heterocycles. The van der Waals surface area contributed by atoms with Gasteiger partial charge in [0.15, 0.2) is 15.5 Å². The van der Waals surface area contributed by atoms with Gasteiger partial charge in [-0.1, -0.05) is 25.1 Å². The van der Waals surface area contributed by atoms with E-state index in [1.807, 2.05) is 4.90 Å². The minimum atomic E-state index is -3.28. The van der Waals surface area contributed by atoms with E-state index in [-0.39, 0.29) is 30.2 Å². The third-order valence-corrected chi connectivity index (χ3v) is 7.92. The second kappa shape index (κ2) is 9.72. The number of aromatic nitrogens is 3. The van der Waals surface area contributed by atoms with Crippen LogP contribution >= 0.6 is 0 Å². The molecule has 0 aliphatic carbocycles. The van der Waals surface area contributed by atoms with Crippen LogP contribution in [0.15, 0.2) is 24.3 Å². The highest BCUT2D eigenvalue weighted by molar-refractivity contribution is 7.91. The van der Waals surface area contributed by atoms with Crippen LogP contribution in [0.4, 0.5) is 24.7 Å². The Morgan fingerprint density at radius 3 is 2.53 bits per heavy atom. The Hall–Kier alpha value is -3.15. The average molecular weight is 524 g/mol. The number of sulfone groups is 1. The van der Waals surface area contributed by atoms with Crippen molar-refractivity contribution in [1.29, 1.82) is 0 Å². The predicted octanol–water partition coefficient (Wildman–Crippen LogP) is 4.39. The van der Waals surface area contributed by atoms with Crippen molar-refractivity contribution in [2.24, 2.45) is 0 Å². The number of alkyl halides is 2. The monoisotopic (exact) mass is 523 g/mol. The number of hydrogen-bond acceptors (Lipinski definition) is 8. The summed E-state index contributed by atoms with van der Waals surface area (Å²) in [6.07, 6.45) is -0.515. The molecule has 1 aliphatic rings. The molecule has 1 N–H and O–H groups in total. The number of aryl methyl sites for hydroxylation is 1. The number of ether oxygens (including phenoxy) is 1. The van der Waals surface area contributed by atoms with Gasteiger partial charge >= 0.3 is 0 Å². The lowest BCUT2D eigenvalue weighted by Gasteiger charge is -2.29. The highest BCUT2D eigenvalue weighted by atomic mass is 32.2. The first-order valence-corrected chi connectivity index (χ1v) is 13.4. The molecular weight excluding hydrogens is 495 g/mol. The number of pyridine rings is 1. The van der Waals surface area contributed by atoms with Crippen LogP contribution in [0.25, 0.3) is 11.0 Å². The Labute approximate surface area is 207 Å². The number of halogens is 3. The Kier molecular flexibility index (Phi) is 7.00. The zero-order chi connectivity index (χ0) is 26.3. The zero-order valence-electron chi connectivity index (χ0n) is 20.5. The van der Waals surface area contributed by atoms with Crippen LogP contribution < -0.4 is 15.0 Å². The summed E-state index contributed by atoms with van der Waals surface area (Å²) in [5, 5.41) is 3.64. The molecule has 1 aliphatic heterocycles. The van der Waals surface area contributed by atoms with Gasteiger partial charge in [0.1, 0.15) is 23.1 Å². The molecule has 4 rings (SSSR count). The molecule has 8 nitrogen and oxygen atoms in total. The van der Waals surface area contributed by atoms with Gasteiger partial charge < -0.3 is 15.0 Å². The van der Waals surface area contributed by atoms with Crippen LogP contribution in [-0.4, -0.2) is 55.1 Å². The molecule has 3 heterocycles. The van der Waals surface area contributed by atoms with E-state index in [1.165, 1.54) is 26.2 Å². The number of benzene rings is 1. The summed E-state index contributed by atoms with van der Waals surface area (Å²) in [6, 6.07) is 5.01. The Morgan fingerprint density at radius 2 is 1.89 bits per heavy atom. The molecule has 1 aromatic carbocycles. The van der Waals surface area contributed by atoms with E-state index in [9.17, 15) is 17.2 Å². The normalized spacial score (nSPS) is 16.7. The van der Waals surface area contributed by atoms with Gasteiger partial charge in [0, 0.05) is 25.1 Å². The number of rotatable bonds is 7. The number of nitrogens with one attached hydrogen (secondary N) is 1. The molecule has 3 aromatic rings. The van der Waals surface area contributed by atoms with Crippen LogP contribution in [-0.2, 0) is 15.8 Å². The van der Waals surface area contributed by atoms with Crippen molar-refractivity contribution in [2.75, 3.05) is 41.9 Å². The third kappa shape index (κ3) is 5.04. The van der Waals surface area contributed by atoms with Crippen molar-refractivity contribution in [3.8, 4) is 5.88 Å². The number of nitrogens with zero attached hydrogens (tertiary/aromatic N) is 4. The van der Waals surface area contributed by atoms with Gasteiger partial charge in [-0.2, -0.15) is 4.98 Å². The molecule has 194 valence electrons. The Balaban J connectivity index is 1.75. The summed E-state index contributed by atoms with van der Waals surface area (Å²) in [5.74, 6) is -3.19. The summed E-state index contributed by atoms with van der Waals surface area (Å²) in [7, 11) is -1.63. The first-order valence-electron chi connectivity index (χ1n) is 11.6. The van der Waals surface area contributed by atoms with Gasteiger partial charge in [0.2, 0.25) is 5.88 Å². The van der Waals surface area contributed by atoms with E-state index >= 15 is 4.39 Å². The highest BCUT2D eigenvalue weighted by Gasteiger charge is 2.34. The van der Waals surface area contributed by atoms with Crippen molar-refractivity contribution < 1.29 is 26.3 Å². The van der Waals surface area contributed by atoms with Crippen LogP contribution in [0, 0.1) is 12.7 Å². The van der Waals surface area contributed by atoms with E-state index in [0.717, 1.165) is 6.07 Å². The van der Waals surface area contributed by atoms with Crippen LogP contribution in [0.1, 0.15) is 43.3 Å². The van der Waals surface area contributed by atoms with Gasteiger partial charge in [-0.25, -0.2) is 31.6 Å². The third-order valence-electron chi connectivity index (χ3n) is 6.31. The minimum absolute atomic E-state index is 0.0126. The average Bonchev–Trinajstić information content (AvgIpc) is 2.83. The lowest BCUT2D eigenvalue weighted by Crippen LogP contribution is -2.40. The summed E-state index contributed by atoms with van der Waals surface area (Å²) < 4.78 is 72.9. The van der Waals surface area contributed by atoms with E-state index < -0.39 is 39.6 Å². The minimum Gasteiger partial charge on any atom is -0.479 e. The van der Waals surface area contributed by atoms with Gasteiger partial charge in [-0.05, 0) is 19.9 Å². The predicted molar refractivity (Wildman–Crippen MR) is 132 cm³/mol. The first-order chi connectivity index (χ1) is 17.0. The molecule has 1 fully saturated rings. The van der Waals surface area contributed by atoms with Crippen molar-refractivity contribution in [3.05, 3.63) is 47.0 Å². The molecule has 0 radical (unpaired) electrons. The maximum Gasteiger partial charge on any atom is 0.275 e. The fraction of sp³-hybridized carbons (Fsp3) is 0.458. The second-order valence-corrected chi connectivity index (χ2v) is 11.1. The molecular formula is C24H28F3N5O3S. The Morgan fingerprint density at radius 1 is 1.19 bits per heavy atom. The number of methoxy groups -OCH3 is 1. The van der Waals surface area contributed by atoms with Crippen molar-refractivity contribution in [3.63, 3.8) is 0 Å². The maximum absolute atomic E-state index is 15.1. The first kappa shape index (κ1) is 25.9. The summed E-state index contributed by atoms with van der Waals surface area (Å²) in [4.78, 5) is 15.2. The lowest BCUT2D eigenvalue weighted by molar-refractivity contribution is -0.0119. The molecule has 36 heavy (non-hydrogen) atoms. The molecule has 0 saturated carbocycles. The van der Waals surface area contributed by atoms with E-state index in [2.05, 4.69) is 20.3 Å². The van der Waals surface area contributed by atoms with Crippen LogP contribution in [0.3, 0.4) is 0 Å². The molecule has 0 amide bonds. The zero-order valence-corrected chi connectivity index (χ0v) is 21.3. The van der Waals surface area contributed by atoms with Crippen LogP contribution in [0.2, 0.25) is 0 Å². The van der Waals surface area contributed by atoms with Crippen LogP contribution in [0.5, 0.6) is 5.88 Å². The van der Waals surface area contributed by atoms with Crippen molar-refractivity contribution in [1.82, 2.24) is 15.0 Å². The number of fused-ring (bicyclic) bond motifs is 1. The molecule has 1 atom stereocenters. The second-order valence-electron chi connectivity index (χ2n) is 8.78. The number of anilines is 2. The summed E-state index contributed by atoms with van der Waals surface area (Å²) >= 11 is 0. The standard InChI is InChI=1S/C24H28F3N5O3S/c1-5-24(26,27)18-8-6-7-16(20(18)25)14(2)28-21-17-13-19(32-9-11-36(33,34)12-10-32)23(35-4)31-22(17)30-15(3)29-21/h6-8,13-14H,5,9-12H2,1-4H3,(H,28,29,30,31)/t14-/m1/s1. The lowest BCUT2D eigenvalue weighted by atomic mass is 9.99. The molecule has 0 unspecified atom stereocenters. The highest BCUT2D eigenvalue weighted by Crippen LogP contribution is 2.37. The topological polar surface area (TPSA) is 97.3 Å². The molecule has 12 heteroatoms. The van der Waals surface area contributed by atoms with E-state index in [0.29, 0.717) is 34.2 Å². The summed E-state index contributed by atoms with van der Waals surface area (Å²) in [5.41, 5.74) is 0.342. The molecule has 0 bridgehead atoms. The number of hydrogen-bond donors (Lipinski definition) is 1. The van der Waals surface area contributed by atoms with Gasteiger partial charge in [0.05, 0.1) is 35.6 Å². The Bertz CT molecular complexity index is 1390. The SMILES string of the molecule is CCC(F)(F)c1cccc([C@@H](C)Nc2nc(C)nc3nc(OC)c(N4CCS(=O)(=O)CC4)cc23)c1F. The van der Waals surface area contributed by atoms with Gasteiger partial charge in [0.25, 0.3) is 5.92 Å². The fourth-order valence-electron chi connectivity index (χ4n) is 4.22. The van der Waals surface area contributed by atoms with Crippen molar-refractivity contribution >= 4 is 32.4 Å². The smallest absolute Gasteiger partial charge is 0.275 e. The fourth-order valence-corrected chi connectivity index (χ4v) is 5.42. The van der Waals surface area contributed by atoms with Gasteiger partial charge in [-0.15, -0.1) is 0 Å². The molecule has 1 saturated heterocycles. The van der Waals surface area contributed by atoms with E-state index in [4.69, 9.17) is 4.74 Å². The quantitative estimate of drug-likeness (QED) is 0.487. The molecule has 0 spiro atoms. The van der Waals surface area contributed by atoms with Gasteiger partial charge in [-0.3, -0.25) is 0 Å². The largest absolute Gasteiger partial charge is 0.479 e. The maximum atomic E-state index is 15.1.